The SMILES string of the molecule is CONCc1ccc(C2CCOC2)c(Cl)c1. The number of rotatable bonds is 4. The molecule has 0 amide bonds. The normalized spacial score (nSPS) is 20.2. The molecule has 16 heavy (non-hydrogen) atoms. The molecule has 1 fully saturated rings. The van der Waals surface area contributed by atoms with E-state index in [-0.39, 0.29) is 0 Å². The Bertz CT molecular complexity index is 351. The summed E-state index contributed by atoms with van der Waals surface area (Å²) in [6.07, 6.45) is 1.06. The minimum atomic E-state index is 0.455. The van der Waals surface area contributed by atoms with Crippen LogP contribution in [0.1, 0.15) is 23.5 Å². The Kier molecular flexibility index (Phi) is 4.18. The fraction of sp³-hybridized carbons (Fsp3) is 0.500. The van der Waals surface area contributed by atoms with Crippen molar-refractivity contribution in [3.8, 4) is 0 Å². The van der Waals surface area contributed by atoms with E-state index in [4.69, 9.17) is 21.2 Å². The number of halogens is 1. The quantitative estimate of drug-likeness (QED) is 0.822. The molecule has 0 spiro atoms. The largest absolute Gasteiger partial charge is 0.381 e. The van der Waals surface area contributed by atoms with E-state index in [2.05, 4.69) is 17.6 Å². The van der Waals surface area contributed by atoms with Crippen LogP contribution in [0.5, 0.6) is 0 Å². The molecule has 0 aromatic heterocycles. The highest BCUT2D eigenvalue weighted by atomic mass is 35.5. The molecule has 4 heteroatoms. The molecule has 1 aromatic carbocycles. The number of hydrogen-bond acceptors (Lipinski definition) is 3. The van der Waals surface area contributed by atoms with E-state index in [1.54, 1.807) is 7.11 Å². The van der Waals surface area contributed by atoms with Gasteiger partial charge in [0.15, 0.2) is 0 Å². The van der Waals surface area contributed by atoms with Crippen LogP contribution in [0.3, 0.4) is 0 Å². The highest BCUT2D eigenvalue weighted by molar-refractivity contribution is 6.31. The second-order valence-corrected chi connectivity index (χ2v) is 4.35. The summed E-state index contributed by atoms with van der Waals surface area (Å²) in [5.41, 5.74) is 5.11. The first kappa shape index (κ1) is 11.9. The molecule has 3 nitrogen and oxygen atoms in total. The summed E-state index contributed by atoms with van der Waals surface area (Å²) in [6.45, 7) is 2.29. The summed E-state index contributed by atoms with van der Waals surface area (Å²) in [6, 6.07) is 6.15. The van der Waals surface area contributed by atoms with Crippen molar-refractivity contribution >= 4 is 11.6 Å². The molecule has 0 radical (unpaired) electrons. The molecule has 1 heterocycles. The monoisotopic (exact) mass is 241 g/mol. The molecule has 88 valence electrons. The van der Waals surface area contributed by atoms with Crippen LogP contribution in [0.25, 0.3) is 0 Å². The third-order valence-corrected chi connectivity index (χ3v) is 3.18. The summed E-state index contributed by atoms with van der Waals surface area (Å²) in [5, 5.41) is 0.825. The van der Waals surface area contributed by atoms with Crippen molar-refractivity contribution in [3.05, 3.63) is 34.3 Å². The van der Waals surface area contributed by atoms with Gasteiger partial charge < -0.3 is 9.57 Å². The zero-order valence-corrected chi connectivity index (χ0v) is 10.1. The van der Waals surface area contributed by atoms with Gasteiger partial charge in [-0.1, -0.05) is 23.7 Å². The molecule has 1 aliphatic rings. The summed E-state index contributed by atoms with van der Waals surface area (Å²) in [7, 11) is 1.60. The topological polar surface area (TPSA) is 30.5 Å². The number of nitrogens with one attached hydrogen (secondary N) is 1. The van der Waals surface area contributed by atoms with Gasteiger partial charge in [-0.15, -0.1) is 0 Å². The van der Waals surface area contributed by atoms with Gasteiger partial charge in [-0.05, 0) is 23.6 Å². The minimum absolute atomic E-state index is 0.455. The van der Waals surface area contributed by atoms with Crippen LogP contribution >= 0.6 is 11.6 Å². The van der Waals surface area contributed by atoms with Crippen LogP contribution in [0.15, 0.2) is 18.2 Å². The molecule has 1 unspecified atom stereocenters. The maximum absolute atomic E-state index is 6.26. The van der Waals surface area contributed by atoms with E-state index >= 15 is 0 Å². The first-order valence-electron chi connectivity index (χ1n) is 5.43. The van der Waals surface area contributed by atoms with Gasteiger partial charge in [-0.25, -0.2) is 0 Å². The zero-order valence-electron chi connectivity index (χ0n) is 9.33. The standard InChI is InChI=1S/C12H16ClNO2/c1-15-14-7-9-2-3-11(12(13)6-9)10-4-5-16-8-10/h2-3,6,10,14H,4-5,7-8H2,1H3. The Balaban J connectivity index is 2.09. The highest BCUT2D eigenvalue weighted by Gasteiger charge is 2.20. The molecule has 1 N–H and O–H groups in total. The van der Waals surface area contributed by atoms with Gasteiger partial charge >= 0.3 is 0 Å². The lowest BCUT2D eigenvalue weighted by molar-refractivity contribution is 0.0867. The fourth-order valence-corrected chi connectivity index (χ4v) is 2.30. The molecule has 0 bridgehead atoms. The van der Waals surface area contributed by atoms with Crippen molar-refractivity contribution in [3.63, 3.8) is 0 Å². The Labute approximate surface area is 101 Å². The van der Waals surface area contributed by atoms with Crippen molar-refractivity contribution < 1.29 is 9.57 Å². The maximum atomic E-state index is 6.26. The van der Waals surface area contributed by atoms with Crippen LogP contribution in [0, 0.1) is 0 Å². The molecular weight excluding hydrogens is 226 g/mol. The van der Waals surface area contributed by atoms with E-state index in [1.165, 1.54) is 5.56 Å². The molecule has 1 aliphatic heterocycles. The van der Waals surface area contributed by atoms with Crippen LogP contribution in [0.4, 0.5) is 0 Å². The maximum Gasteiger partial charge on any atom is 0.0572 e. The average molecular weight is 242 g/mol. The van der Waals surface area contributed by atoms with E-state index < -0.39 is 0 Å². The van der Waals surface area contributed by atoms with Gasteiger partial charge in [-0.2, -0.15) is 5.48 Å². The van der Waals surface area contributed by atoms with Crippen LogP contribution < -0.4 is 5.48 Å². The molecule has 2 rings (SSSR count). The second kappa shape index (κ2) is 5.64. The van der Waals surface area contributed by atoms with Gasteiger partial charge in [0.25, 0.3) is 0 Å². The molecule has 1 atom stereocenters. The summed E-state index contributed by atoms with van der Waals surface area (Å²) in [5.74, 6) is 0.455. The van der Waals surface area contributed by atoms with Crippen molar-refractivity contribution in [1.29, 1.82) is 0 Å². The highest BCUT2D eigenvalue weighted by Crippen LogP contribution is 2.31. The van der Waals surface area contributed by atoms with Crippen molar-refractivity contribution in [1.82, 2.24) is 5.48 Å². The lowest BCUT2D eigenvalue weighted by Crippen LogP contribution is -2.11. The first-order valence-corrected chi connectivity index (χ1v) is 5.81. The van der Waals surface area contributed by atoms with Crippen LogP contribution in [0.2, 0.25) is 5.02 Å². The Morgan fingerprint density at radius 3 is 3.06 bits per heavy atom. The number of ether oxygens (including phenoxy) is 1. The lowest BCUT2D eigenvalue weighted by atomic mass is 9.97. The number of benzene rings is 1. The predicted octanol–water partition coefficient (Wildman–Crippen LogP) is 2.49. The third kappa shape index (κ3) is 2.74. The molecule has 0 saturated carbocycles. The van der Waals surface area contributed by atoms with Gasteiger partial charge in [0, 0.05) is 24.1 Å². The number of hydrogen-bond donors (Lipinski definition) is 1. The summed E-state index contributed by atoms with van der Waals surface area (Å²) >= 11 is 6.26. The van der Waals surface area contributed by atoms with Crippen LogP contribution in [-0.4, -0.2) is 20.3 Å². The number of hydroxylamine groups is 1. The average Bonchev–Trinajstić information content (AvgIpc) is 2.80. The van der Waals surface area contributed by atoms with Gasteiger partial charge in [0.2, 0.25) is 0 Å². The van der Waals surface area contributed by atoms with E-state index in [0.717, 1.165) is 30.2 Å². The second-order valence-electron chi connectivity index (χ2n) is 3.94. The first-order chi connectivity index (χ1) is 7.81. The molecule has 1 aromatic rings. The van der Waals surface area contributed by atoms with Crippen molar-refractivity contribution in [2.75, 3.05) is 20.3 Å². The Morgan fingerprint density at radius 2 is 2.44 bits per heavy atom. The zero-order chi connectivity index (χ0) is 11.4. The van der Waals surface area contributed by atoms with E-state index in [0.29, 0.717) is 12.5 Å². The summed E-state index contributed by atoms with van der Waals surface area (Å²) in [4.78, 5) is 4.80. The fourth-order valence-electron chi connectivity index (χ4n) is 1.95. The lowest BCUT2D eigenvalue weighted by Gasteiger charge is -2.11. The van der Waals surface area contributed by atoms with Crippen molar-refractivity contribution in [2.24, 2.45) is 0 Å². The van der Waals surface area contributed by atoms with Crippen LogP contribution in [-0.2, 0) is 16.1 Å². The van der Waals surface area contributed by atoms with E-state index in [1.807, 2.05) is 6.07 Å². The predicted molar refractivity (Wildman–Crippen MR) is 63.5 cm³/mol. The summed E-state index contributed by atoms with van der Waals surface area (Å²) < 4.78 is 5.37. The van der Waals surface area contributed by atoms with E-state index in [9.17, 15) is 0 Å². The Hall–Kier alpha value is -0.610. The van der Waals surface area contributed by atoms with Crippen molar-refractivity contribution in [2.45, 2.75) is 18.9 Å². The molecule has 0 aliphatic carbocycles. The van der Waals surface area contributed by atoms with Gasteiger partial charge in [0.05, 0.1) is 13.7 Å². The van der Waals surface area contributed by atoms with Gasteiger partial charge in [-0.3, -0.25) is 0 Å². The molecule has 1 saturated heterocycles. The molecular formula is C12H16ClNO2. The van der Waals surface area contributed by atoms with Gasteiger partial charge in [0.1, 0.15) is 0 Å². The minimum Gasteiger partial charge on any atom is -0.381 e. The third-order valence-electron chi connectivity index (χ3n) is 2.86. The smallest absolute Gasteiger partial charge is 0.0572 e. The Morgan fingerprint density at radius 1 is 1.56 bits per heavy atom.